The van der Waals surface area contributed by atoms with Gasteiger partial charge >= 0.3 is 0 Å². The van der Waals surface area contributed by atoms with E-state index in [0.717, 1.165) is 0 Å². The molecule has 0 atom stereocenters. The molecule has 0 unspecified atom stereocenters. The summed E-state index contributed by atoms with van der Waals surface area (Å²) in [5.74, 6) is 0. The van der Waals surface area contributed by atoms with Crippen LogP contribution in [0.2, 0.25) is 0 Å². The van der Waals surface area contributed by atoms with Gasteiger partial charge in [-0.1, -0.05) is 30.0 Å². The molecule has 1 heterocycles. The van der Waals surface area contributed by atoms with Crippen molar-refractivity contribution in [3.63, 3.8) is 0 Å². The average molecular weight is 329 g/mol. The van der Waals surface area contributed by atoms with Crippen LogP contribution >= 0.6 is 11.8 Å². The monoisotopic (exact) mass is 329 g/mol. The van der Waals surface area contributed by atoms with Crippen LogP contribution in [0, 0.1) is 0 Å². The Bertz CT molecular complexity index is 400. The number of hydrogen-bond acceptors (Lipinski definition) is 1. The van der Waals surface area contributed by atoms with Gasteiger partial charge in [0.05, 0.1) is 0 Å². The van der Waals surface area contributed by atoms with Gasteiger partial charge < -0.3 is 24.0 Å². The lowest BCUT2D eigenvalue weighted by molar-refractivity contribution is -0.671. The van der Waals surface area contributed by atoms with Crippen molar-refractivity contribution in [3.05, 3.63) is 54.9 Å². The van der Waals surface area contributed by atoms with Gasteiger partial charge in [-0.15, -0.1) is 0 Å². The molecule has 0 radical (unpaired) electrons. The molecule has 1 aromatic heterocycles. The molecule has 15 heavy (non-hydrogen) atoms. The first kappa shape index (κ1) is 12.5. The Morgan fingerprint density at radius 2 is 1.40 bits per heavy atom. The maximum Gasteiger partial charge on any atom is 0.169 e. The molecular formula is C12H12INS. The second-order valence-corrected chi connectivity index (χ2v) is 4.26. The highest BCUT2D eigenvalue weighted by molar-refractivity contribution is 7.99. The number of halogens is 1. The van der Waals surface area contributed by atoms with Crippen LogP contribution in [0.1, 0.15) is 0 Å². The molecule has 1 aromatic carbocycles. The molecule has 0 aliphatic rings. The Morgan fingerprint density at radius 3 is 2.00 bits per heavy atom. The molecule has 0 bridgehead atoms. The summed E-state index contributed by atoms with van der Waals surface area (Å²) in [4.78, 5) is 2.55. The Morgan fingerprint density at radius 1 is 0.867 bits per heavy atom. The molecular weight excluding hydrogens is 317 g/mol. The first-order valence-electron chi connectivity index (χ1n) is 4.53. The molecule has 3 heteroatoms. The van der Waals surface area contributed by atoms with Gasteiger partial charge in [-0.05, 0) is 12.1 Å². The lowest BCUT2D eigenvalue weighted by atomic mass is 10.4. The highest BCUT2D eigenvalue weighted by Crippen LogP contribution is 2.25. The van der Waals surface area contributed by atoms with E-state index >= 15 is 0 Å². The van der Waals surface area contributed by atoms with Gasteiger partial charge in [-0.2, -0.15) is 0 Å². The summed E-state index contributed by atoms with van der Waals surface area (Å²) in [6.07, 6.45) is 4.12. The molecule has 78 valence electrons. The summed E-state index contributed by atoms with van der Waals surface area (Å²) in [5.41, 5.74) is 0. The SMILES string of the molecule is C[n+]1ccc(Sc2ccccc2)cc1.[I-]. The fourth-order valence-corrected chi connectivity index (χ4v) is 2.00. The van der Waals surface area contributed by atoms with E-state index in [1.807, 2.05) is 17.7 Å². The summed E-state index contributed by atoms with van der Waals surface area (Å²) < 4.78 is 2.04. The van der Waals surface area contributed by atoms with Crippen molar-refractivity contribution in [2.75, 3.05) is 0 Å². The smallest absolute Gasteiger partial charge is 0.169 e. The van der Waals surface area contributed by atoms with Gasteiger partial charge in [-0.3, -0.25) is 0 Å². The van der Waals surface area contributed by atoms with Gasteiger partial charge in [0.2, 0.25) is 0 Å². The third-order valence-corrected chi connectivity index (χ3v) is 2.94. The van der Waals surface area contributed by atoms with E-state index in [0.29, 0.717) is 0 Å². The van der Waals surface area contributed by atoms with Crippen molar-refractivity contribution in [1.82, 2.24) is 0 Å². The molecule has 0 saturated heterocycles. The predicted molar refractivity (Wildman–Crippen MR) is 58.2 cm³/mol. The fourth-order valence-electron chi connectivity index (χ4n) is 1.18. The van der Waals surface area contributed by atoms with E-state index in [1.165, 1.54) is 9.79 Å². The Labute approximate surface area is 112 Å². The number of nitrogens with zero attached hydrogens (tertiary/aromatic N) is 1. The number of aryl methyl sites for hydroxylation is 1. The van der Waals surface area contributed by atoms with Gasteiger partial charge in [0.15, 0.2) is 12.4 Å². The summed E-state index contributed by atoms with van der Waals surface area (Å²) in [7, 11) is 2.02. The minimum atomic E-state index is 0. The highest BCUT2D eigenvalue weighted by atomic mass is 127. The Hall–Kier alpha value is -0.550. The third kappa shape index (κ3) is 3.83. The number of rotatable bonds is 2. The van der Waals surface area contributed by atoms with Crippen molar-refractivity contribution in [3.8, 4) is 0 Å². The molecule has 1 nitrogen and oxygen atoms in total. The zero-order valence-corrected chi connectivity index (χ0v) is 11.4. The van der Waals surface area contributed by atoms with Gasteiger partial charge in [0.1, 0.15) is 7.05 Å². The second kappa shape index (κ2) is 6.12. The van der Waals surface area contributed by atoms with Crippen LogP contribution in [0.15, 0.2) is 64.6 Å². The van der Waals surface area contributed by atoms with E-state index in [4.69, 9.17) is 0 Å². The van der Waals surface area contributed by atoms with Crippen LogP contribution in [0.3, 0.4) is 0 Å². The van der Waals surface area contributed by atoms with Crippen LogP contribution in [0.5, 0.6) is 0 Å². The van der Waals surface area contributed by atoms with Crippen molar-refractivity contribution in [1.29, 1.82) is 0 Å². The lowest BCUT2D eigenvalue weighted by Gasteiger charge is -1.98. The van der Waals surface area contributed by atoms with Crippen LogP contribution in [0.4, 0.5) is 0 Å². The summed E-state index contributed by atoms with van der Waals surface area (Å²) in [6.45, 7) is 0. The molecule has 0 N–H and O–H groups in total. The predicted octanol–water partition coefficient (Wildman–Crippen LogP) is -0.334. The largest absolute Gasteiger partial charge is 1.00 e. The summed E-state index contributed by atoms with van der Waals surface area (Å²) in [6, 6.07) is 14.6. The van der Waals surface area contributed by atoms with E-state index < -0.39 is 0 Å². The van der Waals surface area contributed by atoms with Crippen molar-refractivity contribution < 1.29 is 28.5 Å². The number of benzene rings is 1. The summed E-state index contributed by atoms with van der Waals surface area (Å²) in [5, 5.41) is 0. The zero-order chi connectivity index (χ0) is 9.80. The van der Waals surface area contributed by atoms with Crippen molar-refractivity contribution in [2.24, 2.45) is 7.05 Å². The normalized spacial score (nSPS) is 9.40. The third-order valence-electron chi connectivity index (χ3n) is 1.93. The molecule has 0 spiro atoms. The molecule has 0 saturated carbocycles. The van der Waals surface area contributed by atoms with Crippen LogP contribution in [-0.4, -0.2) is 0 Å². The highest BCUT2D eigenvalue weighted by Gasteiger charge is 1.97. The number of pyridine rings is 1. The van der Waals surface area contributed by atoms with Gasteiger partial charge in [0, 0.05) is 21.9 Å². The standard InChI is InChI=1S/C12H12NS.HI/c1-13-9-7-12(8-10-13)14-11-5-3-2-4-6-11;/h2-10H,1H3;1H/q+1;/p-1. The van der Waals surface area contributed by atoms with E-state index in [2.05, 4.69) is 48.8 Å². The second-order valence-electron chi connectivity index (χ2n) is 3.11. The number of aromatic nitrogens is 1. The average Bonchev–Trinajstić information content (AvgIpc) is 2.23. The van der Waals surface area contributed by atoms with Crippen molar-refractivity contribution in [2.45, 2.75) is 9.79 Å². The molecule has 0 aliphatic heterocycles. The molecule has 2 rings (SSSR count). The van der Waals surface area contributed by atoms with E-state index in [9.17, 15) is 0 Å². The minimum Gasteiger partial charge on any atom is -1.00 e. The first-order valence-corrected chi connectivity index (χ1v) is 5.34. The van der Waals surface area contributed by atoms with E-state index in [-0.39, 0.29) is 24.0 Å². The first-order chi connectivity index (χ1) is 6.84. The van der Waals surface area contributed by atoms with Crippen molar-refractivity contribution >= 4 is 11.8 Å². The molecule has 0 amide bonds. The van der Waals surface area contributed by atoms with Crippen LogP contribution < -0.4 is 28.5 Å². The Kier molecular flexibility index (Phi) is 5.11. The fraction of sp³-hybridized carbons (Fsp3) is 0.0833. The topological polar surface area (TPSA) is 3.88 Å². The van der Waals surface area contributed by atoms with Crippen LogP contribution in [-0.2, 0) is 7.05 Å². The Balaban J connectivity index is 0.00000112. The van der Waals surface area contributed by atoms with E-state index in [1.54, 1.807) is 11.8 Å². The lowest BCUT2D eigenvalue weighted by Crippen LogP contribution is -3.00. The minimum absolute atomic E-state index is 0. The van der Waals surface area contributed by atoms with Crippen LogP contribution in [0.25, 0.3) is 0 Å². The number of hydrogen-bond donors (Lipinski definition) is 0. The maximum atomic E-state index is 2.12. The quantitative estimate of drug-likeness (QED) is 0.539. The zero-order valence-electron chi connectivity index (χ0n) is 8.43. The molecule has 0 fully saturated rings. The summed E-state index contributed by atoms with van der Waals surface area (Å²) >= 11 is 1.78. The maximum absolute atomic E-state index is 2.12. The molecule has 2 aromatic rings. The van der Waals surface area contributed by atoms with Gasteiger partial charge in [0.25, 0.3) is 0 Å². The molecule has 0 aliphatic carbocycles. The van der Waals surface area contributed by atoms with Gasteiger partial charge in [-0.25, -0.2) is 4.57 Å².